The van der Waals surface area contributed by atoms with Gasteiger partial charge in [0.05, 0.1) is 0 Å². The van der Waals surface area contributed by atoms with Gasteiger partial charge >= 0.3 is 0 Å². The maximum Gasteiger partial charge on any atom is 0.127 e. The summed E-state index contributed by atoms with van der Waals surface area (Å²) < 4.78 is 0. The molecule has 0 saturated heterocycles. The van der Waals surface area contributed by atoms with Gasteiger partial charge in [0.25, 0.3) is 0 Å². The molecule has 0 aliphatic rings. The number of rotatable bonds is 5. The molecule has 2 nitrogen and oxygen atoms in total. The van der Waals surface area contributed by atoms with Crippen molar-refractivity contribution in [1.82, 2.24) is 0 Å². The third-order valence-electron chi connectivity index (χ3n) is 11.0. The van der Waals surface area contributed by atoms with Gasteiger partial charge in [-0.25, -0.2) is 0 Å². The molecule has 0 radical (unpaired) electrons. The van der Waals surface area contributed by atoms with E-state index in [4.69, 9.17) is 0 Å². The first kappa shape index (κ1) is 30.2. The van der Waals surface area contributed by atoms with Crippen molar-refractivity contribution in [3.8, 4) is 22.6 Å². The second-order valence-corrected chi connectivity index (χ2v) is 13.9. The monoisotopic (exact) mass is 666 g/mol. The first-order valence-corrected chi connectivity index (χ1v) is 17.9. The van der Waals surface area contributed by atoms with Gasteiger partial charge in [0, 0.05) is 24.0 Å². The highest BCUT2D eigenvalue weighted by atomic mass is 16.3. The van der Waals surface area contributed by atoms with Crippen molar-refractivity contribution < 1.29 is 10.2 Å². The molecule has 0 unspecified atom stereocenters. The first-order chi connectivity index (χ1) is 25.6. The summed E-state index contributed by atoms with van der Waals surface area (Å²) in [4.78, 5) is 0. The Balaban J connectivity index is 1.23. The van der Waals surface area contributed by atoms with Gasteiger partial charge in [-0.2, -0.15) is 0 Å². The smallest absolute Gasteiger partial charge is 0.127 e. The van der Waals surface area contributed by atoms with Crippen molar-refractivity contribution in [2.24, 2.45) is 0 Å². The summed E-state index contributed by atoms with van der Waals surface area (Å²) >= 11 is 0. The zero-order valence-electron chi connectivity index (χ0n) is 28.5. The summed E-state index contributed by atoms with van der Waals surface area (Å²) in [6.07, 6.45) is 1.07. The Hall–Kier alpha value is -6.64. The van der Waals surface area contributed by atoms with Gasteiger partial charge in [-0.05, 0) is 111 Å². The molecule has 10 aromatic rings. The molecule has 2 N–H and O–H groups in total. The van der Waals surface area contributed by atoms with Crippen LogP contribution in [0.5, 0.6) is 11.5 Å². The lowest BCUT2D eigenvalue weighted by atomic mass is 9.85. The normalized spacial score (nSPS) is 11.8. The molecule has 0 bridgehead atoms. The van der Waals surface area contributed by atoms with Crippen LogP contribution in [0, 0.1) is 0 Å². The number of hydrogen-bond donors (Lipinski definition) is 2. The maximum atomic E-state index is 12.6. The molecule has 246 valence electrons. The number of aromatic hydroxyl groups is 2. The largest absolute Gasteiger partial charge is 0.507 e. The summed E-state index contributed by atoms with van der Waals surface area (Å²) in [7, 11) is 0. The minimum Gasteiger partial charge on any atom is -0.507 e. The lowest BCUT2D eigenvalue weighted by Gasteiger charge is -2.20. The Bertz CT molecular complexity index is 2730. The molecule has 10 rings (SSSR count). The predicted octanol–water partition coefficient (Wildman–Crippen LogP) is 12.9. The second kappa shape index (κ2) is 12.0. The molecule has 0 amide bonds. The lowest BCUT2D eigenvalue weighted by Crippen LogP contribution is -1.98. The molecule has 2 heteroatoms. The van der Waals surface area contributed by atoms with Crippen molar-refractivity contribution in [1.29, 1.82) is 0 Å². The van der Waals surface area contributed by atoms with Crippen LogP contribution in [-0.4, -0.2) is 10.2 Å². The van der Waals surface area contributed by atoms with Gasteiger partial charge in [-0.15, -0.1) is 0 Å². The molecule has 10 aromatic carbocycles. The molecule has 0 aliphatic heterocycles. The number of fused-ring (bicyclic) bond motifs is 6. The van der Waals surface area contributed by atoms with Gasteiger partial charge in [-0.1, -0.05) is 146 Å². The fraction of sp³-hybridized carbons (Fsp3) is 0.0400. The minimum atomic E-state index is 0.198. The van der Waals surface area contributed by atoms with Gasteiger partial charge in [0.1, 0.15) is 11.5 Å². The van der Waals surface area contributed by atoms with E-state index in [1.54, 1.807) is 0 Å². The Morgan fingerprint density at radius 2 is 0.538 bits per heavy atom. The van der Waals surface area contributed by atoms with Crippen LogP contribution in [0.25, 0.3) is 75.8 Å². The van der Waals surface area contributed by atoms with E-state index < -0.39 is 0 Å². The SMILES string of the molecule is Oc1c(Cc2c3ccccc3cc3ccccc23)cc2ccccc2c1-c1c(O)c(Cc2c3ccccc3cc3ccccc23)cc2ccccc12. The summed E-state index contributed by atoms with van der Waals surface area (Å²) in [6.45, 7) is 0. The van der Waals surface area contributed by atoms with Crippen LogP contribution in [0.4, 0.5) is 0 Å². The van der Waals surface area contributed by atoms with E-state index in [1.807, 2.05) is 24.3 Å². The van der Waals surface area contributed by atoms with Crippen molar-refractivity contribution >= 4 is 64.6 Å². The number of phenolic OH excluding ortho intramolecular Hbond substituents is 2. The van der Waals surface area contributed by atoms with Crippen molar-refractivity contribution in [3.63, 3.8) is 0 Å². The molecular formula is C50H34O2. The Kier molecular flexibility index (Phi) is 6.97. The van der Waals surface area contributed by atoms with E-state index in [0.29, 0.717) is 24.0 Å². The molecular weight excluding hydrogens is 633 g/mol. The van der Waals surface area contributed by atoms with Crippen LogP contribution in [0.2, 0.25) is 0 Å². The van der Waals surface area contributed by atoms with E-state index in [0.717, 1.165) is 32.7 Å². The standard InChI is InChI=1S/C50H34O2/c51-49-37(29-45-39-19-7-1-13-31(39)25-32-14-2-8-20-40(32)45)27-35-17-5-11-23-43(35)47(49)48-44-24-12-6-18-36(44)28-38(50(48)52)30-46-41-21-9-3-15-33(41)26-34-16-4-10-22-42(34)46/h1-28,51-52H,29-30H2. The predicted molar refractivity (Wildman–Crippen MR) is 219 cm³/mol. The zero-order valence-corrected chi connectivity index (χ0v) is 28.5. The third-order valence-corrected chi connectivity index (χ3v) is 11.0. The van der Waals surface area contributed by atoms with Crippen LogP contribution in [0.1, 0.15) is 22.3 Å². The Morgan fingerprint density at radius 1 is 0.288 bits per heavy atom. The van der Waals surface area contributed by atoms with Crippen LogP contribution in [0.3, 0.4) is 0 Å². The van der Waals surface area contributed by atoms with E-state index >= 15 is 0 Å². The molecule has 0 aliphatic carbocycles. The average molecular weight is 667 g/mol. The third kappa shape index (κ3) is 4.80. The molecule has 0 atom stereocenters. The van der Waals surface area contributed by atoms with Crippen molar-refractivity contribution in [2.45, 2.75) is 12.8 Å². The van der Waals surface area contributed by atoms with Crippen LogP contribution < -0.4 is 0 Å². The van der Waals surface area contributed by atoms with E-state index in [1.165, 1.54) is 54.2 Å². The summed E-state index contributed by atoms with van der Waals surface area (Å²) in [5, 5.41) is 38.4. The fourth-order valence-electron chi connectivity index (χ4n) is 8.54. The summed E-state index contributed by atoms with van der Waals surface area (Å²) in [6, 6.07) is 59.1. The second-order valence-electron chi connectivity index (χ2n) is 13.9. The van der Waals surface area contributed by atoms with Crippen molar-refractivity contribution in [3.05, 3.63) is 192 Å². The average Bonchev–Trinajstić information content (AvgIpc) is 3.18. The van der Waals surface area contributed by atoms with Gasteiger partial charge < -0.3 is 10.2 Å². The number of hydrogen-bond acceptors (Lipinski definition) is 2. The van der Waals surface area contributed by atoms with E-state index in [2.05, 4.69) is 146 Å². The molecule has 0 fully saturated rings. The lowest BCUT2D eigenvalue weighted by molar-refractivity contribution is 0.464. The highest BCUT2D eigenvalue weighted by molar-refractivity contribution is 6.11. The number of benzene rings is 10. The molecule has 52 heavy (non-hydrogen) atoms. The Morgan fingerprint density at radius 3 is 0.846 bits per heavy atom. The van der Waals surface area contributed by atoms with Gasteiger partial charge in [-0.3, -0.25) is 0 Å². The number of phenols is 2. The minimum absolute atomic E-state index is 0.198. The molecule has 0 spiro atoms. The molecule has 0 heterocycles. The quantitative estimate of drug-likeness (QED) is 0.180. The molecule has 0 aromatic heterocycles. The highest BCUT2D eigenvalue weighted by Gasteiger charge is 2.24. The zero-order chi connectivity index (χ0) is 34.8. The van der Waals surface area contributed by atoms with Gasteiger partial charge in [0.2, 0.25) is 0 Å². The van der Waals surface area contributed by atoms with Crippen LogP contribution in [-0.2, 0) is 12.8 Å². The summed E-state index contributed by atoms with van der Waals surface area (Å²) in [5.74, 6) is 0.396. The van der Waals surface area contributed by atoms with Gasteiger partial charge in [0.15, 0.2) is 0 Å². The van der Waals surface area contributed by atoms with Crippen LogP contribution >= 0.6 is 0 Å². The fourth-order valence-corrected chi connectivity index (χ4v) is 8.54. The Labute approximate surface area is 301 Å². The maximum absolute atomic E-state index is 12.6. The van der Waals surface area contributed by atoms with E-state index in [-0.39, 0.29) is 11.5 Å². The topological polar surface area (TPSA) is 40.5 Å². The summed E-state index contributed by atoms with van der Waals surface area (Å²) in [5.41, 5.74) is 5.33. The van der Waals surface area contributed by atoms with E-state index in [9.17, 15) is 10.2 Å². The highest BCUT2D eigenvalue weighted by Crippen LogP contribution is 2.49. The van der Waals surface area contributed by atoms with Crippen molar-refractivity contribution in [2.75, 3.05) is 0 Å². The van der Waals surface area contributed by atoms with Crippen LogP contribution in [0.15, 0.2) is 170 Å². The first-order valence-electron chi connectivity index (χ1n) is 17.9. The molecule has 0 saturated carbocycles.